The summed E-state index contributed by atoms with van der Waals surface area (Å²) in [5.41, 5.74) is 3.66. The predicted molar refractivity (Wildman–Crippen MR) is 107 cm³/mol. The lowest BCUT2D eigenvalue weighted by molar-refractivity contribution is -0.157. The summed E-state index contributed by atoms with van der Waals surface area (Å²) in [4.78, 5) is 42.7. The van der Waals surface area contributed by atoms with E-state index in [-0.39, 0.29) is 35.9 Å². The van der Waals surface area contributed by atoms with Crippen molar-refractivity contribution in [3.8, 4) is 11.4 Å². The number of hydrogen-bond acceptors (Lipinski definition) is 6. The molecule has 8 heteroatoms. The number of ketones is 1. The van der Waals surface area contributed by atoms with Crippen LogP contribution < -0.4 is 5.56 Å². The molecule has 0 fully saturated rings. The molecule has 0 radical (unpaired) electrons. The largest absolute Gasteiger partial charge is 0.458 e. The first-order valence-electron chi connectivity index (χ1n) is 10.2. The van der Waals surface area contributed by atoms with Gasteiger partial charge in [0.25, 0.3) is 5.56 Å². The molecule has 6 rings (SSSR count). The second-order valence-electron chi connectivity index (χ2n) is 8.31. The van der Waals surface area contributed by atoms with E-state index in [0.29, 0.717) is 58.2 Å². The number of nitrogens with zero attached hydrogens (tertiary/aromatic N) is 2. The highest BCUT2D eigenvalue weighted by atomic mass is 19.1. The number of halogens is 1. The fourth-order valence-corrected chi connectivity index (χ4v) is 5.11. The maximum absolute atomic E-state index is 14.6. The van der Waals surface area contributed by atoms with Crippen LogP contribution in [0, 0.1) is 12.7 Å². The van der Waals surface area contributed by atoms with Crippen molar-refractivity contribution in [1.29, 1.82) is 0 Å². The number of pyridine rings is 2. The van der Waals surface area contributed by atoms with Crippen molar-refractivity contribution in [2.24, 2.45) is 0 Å². The molecule has 31 heavy (non-hydrogen) atoms. The van der Waals surface area contributed by atoms with Crippen LogP contribution in [-0.4, -0.2) is 26.4 Å². The maximum atomic E-state index is 14.6. The van der Waals surface area contributed by atoms with Crippen LogP contribution in [0.4, 0.5) is 4.39 Å². The second-order valence-corrected chi connectivity index (χ2v) is 8.31. The molecule has 0 saturated carbocycles. The fourth-order valence-electron chi connectivity index (χ4n) is 5.11. The monoisotopic (exact) mass is 420 g/mol. The third-order valence-electron chi connectivity index (χ3n) is 6.68. The van der Waals surface area contributed by atoms with Gasteiger partial charge in [-0.3, -0.25) is 9.59 Å². The van der Waals surface area contributed by atoms with Crippen LogP contribution in [0.3, 0.4) is 0 Å². The first-order chi connectivity index (χ1) is 14.9. The van der Waals surface area contributed by atoms with Crippen LogP contribution in [-0.2, 0) is 29.1 Å². The highest BCUT2D eigenvalue weighted by molar-refractivity contribution is 6.12. The summed E-state index contributed by atoms with van der Waals surface area (Å²) < 4.78 is 21.0. The number of carbonyl (C=O) groups excluding carboxylic acids is 2. The molecule has 3 aliphatic rings. The SMILES string of the molecule is Cc1c(F)cc2nc3c(c4c2c1CCCC4=O)Cn1c-3cc2c(c1=O)COC(=O)C2O. The number of aliphatic hydroxyl groups is 1. The lowest BCUT2D eigenvalue weighted by atomic mass is 9.92. The molecule has 0 bridgehead atoms. The van der Waals surface area contributed by atoms with E-state index in [1.54, 1.807) is 13.0 Å². The van der Waals surface area contributed by atoms with E-state index in [1.165, 1.54) is 10.6 Å². The quantitative estimate of drug-likeness (QED) is 0.439. The molecule has 1 atom stereocenters. The molecule has 4 heterocycles. The molecule has 1 N–H and O–H groups in total. The molecule has 7 nitrogen and oxygen atoms in total. The predicted octanol–water partition coefficient (Wildman–Crippen LogP) is 2.48. The Bertz CT molecular complexity index is 1440. The number of aryl methyl sites for hydroxylation is 1. The topological polar surface area (TPSA) is 98.5 Å². The summed E-state index contributed by atoms with van der Waals surface area (Å²) >= 11 is 0. The number of ether oxygens (including phenoxy) is 1. The zero-order chi connectivity index (χ0) is 21.6. The molecule has 1 aromatic carbocycles. The molecular formula is C23H17FN2O5. The smallest absolute Gasteiger partial charge is 0.340 e. The lowest BCUT2D eigenvalue weighted by Gasteiger charge is -2.21. The second kappa shape index (κ2) is 6.07. The zero-order valence-electron chi connectivity index (χ0n) is 16.6. The van der Waals surface area contributed by atoms with Crippen LogP contribution in [0.5, 0.6) is 0 Å². The molecule has 1 unspecified atom stereocenters. The number of Topliss-reactive ketones (excluding diaryl/α,β-unsaturated/α-hetero) is 1. The number of hydrogen-bond donors (Lipinski definition) is 1. The number of esters is 1. The Morgan fingerprint density at radius 3 is 2.77 bits per heavy atom. The Morgan fingerprint density at radius 2 is 1.97 bits per heavy atom. The molecule has 3 aromatic rings. The summed E-state index contributed by atoms with van der Waals surface area (Å²) in [5, 5.41) is 10.9. The maximum Gasteiger partial charge on any atom is 0.340 e. The average Bonchev–Trinajstić information content (AvgIpc) is 3.00. The van der Waals surface area contributed by atoms with Gasteiger partial charge in [0.05, 0.1) is 29.0 Å². The van der Waals surface area contributed by atoms with Gasteiger partial charge in [-0.2, -0.15) is 0 Å². The van der Waals surface area contributed by atoms with Gasteiger partial charge in [0.15, 0.2) is 11.9 Å². The molecule has 1 aliphatic carbocycles. The first kappa shape index (κ1) is 18.4. The Morgan fingerprint density at radius 1 is 1.16 bits per heavy atom. The number of aliphatic hydroxyl groups excluding tert-OH is 1. The minimum atomic E-state index is -1.55. The number of rotatable bonds is 0. The van der Waals surface area contributed by atoms with Gasteiger partial charge in [-0.15, -0.1) is 0 Å². The number of cyclic esters (lactones) is 1. The zero-order valence-corrected chi connectivity index (χ0v) is 16.6. The van der Waals surface area contributed by atoms with Crippen LogP contribution in [0.15, 0.2) is 16.9 Å². The van der Waals surface area contributed by atoms with E-state index in [4.69, 9.17) is 4.74 Å². The minimum Gasteiger partial charge on any atom is -0.458 e. The van der Waals surface area contributed by atoms with E-state index >= 15 is 0 Å². The van der Waals surface area contributed by atoms with Crippen molar-refractivity contribution in [2.45, 2.75) is 45.4 Å². The van der Waals surface area contributed by atoms with Crippen molar-refractivity contribution in [3.05, 3.63) is 61.7 Å². The molecule has 2 aliphatic heterocycles. The van der Waals surface area contributed by atoms with Gasteiger partial charge in [0.1, 0.15) is 12.4 Å². The van der Waals surface area contributed by atoms with Crippen molar-refractivity contribution in [3.63, 3.8) is 0 Å². The molecule has 0 saturated heterocycles. The van der Waals surface area contributed by atoms with Gasteiger partial charge in [-0.1, -0.05) is 0 Å². The van der Waals surface area contributed by atoms with Crippen molar-refractivity contribution < 1.29 is 23.8 Å². The highest BCUT2D eigenvalue weighted by Crippen LogP contribution is 2.41. The van der Waals surface area contributed by atoms with Gasteiger partial charge >= 0.3 is 5.97 Å². The van der Waals surface area contributed by atoms with Crippen molar-refractivity contribution >= 4 is 22.7 Å². The molecular weight excluding hydrogens is 403 g/mol. The average molecular weight is 420 g/mol. The third-order valence-corrected chi connectivity index (χ3v) is 6.68. The van der Waals surface area contributed by atoms with E-state index in [1.807, 2.05) is 0 Å². The molecule has 156 valence electrons. The van der Waals surface area contributed by atoms with Crippen LogP contribution >= 0.6 is 0 Å². The summed E-state index contributed by atoms with van der Waals surface area (Å²) in [6.45, 7) is 1.65. The van der Waals surface area contributed by atoms with Crippen LogP contribution in [0.25, 0.3) is 22.3 Å². The third kappa shape index (κ3) is 2.31. The Balaban J connectivity index is 1.71. The number of benzene rings is 1. The normalized spacial score (nSPS) is 19.0. The van der Waals surface area contributed by atoms with Gasteiger partial charge in [0.2, 0.25) is 0 Å². The number of carbonyl (C=O) groups is 2. The molecule has 0 amide bonds. The Kier molecular flexibility index (Phi) is 3.60. The summed E-state index contributed by atoms with van der Waals surface area (Å²) in [6.07, 6.45) is -0.00757. The van der Waals surface area contributed by atoms with Gasteiger partial charge in [0, 0.05) is 34.6 Å². The van der Waals surface area contributed by atoms with Crippen molar-refractivity contribution in [2.75, 3.05) is 0 Å². The van der Waals surface area contributed by atoms with Crippen LogP contribution in [0.2, 0.25) is 0 Å². The number of aromatic nitrogens is 2. The fraction of sp³-hybridized carbons (Fsp3) is 0.304. The number of fused-ring (bicyclic) bond motifs is 5. The Hall–Kier alpha value is -3.39. The van der Waals surface area contributed by atoms with Gasteiger partial charge < -0.3 is 14.4 Å². The van der Waals surface area contributed by atoms with E-state index in [0.717, 1.165) is 5.56 Å². The van der Waals surface area contributed by atoms with E-state index < -0.39 is 17.6 Å². The van der Waals surface area contributed by atoms with Gasteiger partial charge in [-0.05, 0) is 37.0 Å². The van der Waals surface area contributed by atoms with E-state index in [9.17, 15) is 23.9 Å². The summed E-state index contributed by atoms with van der Waals surface area (Å²) in [6, 6.07) is 2.90. The van der Waals surface area contributed by atoms with E-state index in [2.05, 4.69) is 4.98 Å². The lowest BCUT2D eigenvalue weighted by Crippen LogP contribution is -2.32. The summed E-state index contributed by atoms with van der Waals surface area (Å²) in [5.74, 6) is -1.24. The summed E-state index contributed by atoms with van der Waals surface area (Å²) in [7, 11) is 0. The first-order valence-corrected chi connectivity index (χ1v) is 10.2. The molecule has 2 aromatic heterocycles. The van der Waals surface area contributed by atoms with Gasteiger partial charge in [-0.25, -0.2) is 14.2 Å². The highest BCUT2D eigenvalue weighted by Gasteiger charge is 2.36. The van der Waals surface area contributed by atoms with Crippen LogP contribution in [0.1, 0.15) is 57.1 Å². The molecule has 0 spiro atoms. The standard InChI is InChI=1S/C23H17FN2O5/c1-9-10-3-2-4-17(27)19-12-7-26-16(20(12)25-15(18(10)19)6-14(9)24)5-11-13(22(26)29)8-31-23(30)21(11)28/h5-6,21,28H,2-4,7-8H2,1H3. The Labute approximate surface area is 175 Å². The van der Waals surface area contributed by atoms with Crippen molar-refractivity contribution in [1.82, 2.24) is 9.55 Å². The minimum absolute atomic E-state index is 0.0439.